The summed E-state index contributed by atoms with van der Waals surface area (Å²) in [6.45, 7) is 15.3. The molecule has 3 rings (SSSR count). The Hall–Kier alpha value is -3.12. The number of carbonyl (C=O) groups is 2. The van der Waals surface area contributed by atoms with Crippen molar-refractivity contribution in [3.63, 3.8) is 0 Å². The molecule has 0 spiro atoms. The van der Waals surface area contributed by atoms with Crippen LogP contribution in [0.5, 0.6) is 5.75 Å². The maximum absolute atomic E-state index is 12.4. The number of carbonyl (C=O) groups excluding carboxylic acids is 1. The molecular weight excluding hydrogens is 482 g/mol. The van der Waals surface area contributed by atoms with Gasteiger partial charge in [0.1, 0.15) is 11.9 Å². The van der Waals surface area contributed by atoms with Gasteiger partial charge in [0.15, 0.2) is 0 Å². The van der Waals surface area contributed by atoms with E-state index < -0.39 is 5.97 Å². The third kappa shape index (κ3) is 7.68. The molecule has 0 bridgehead atoms. The zero-order chi connectivity index (χ0) is 27.3. The number of hydrogen-bond acceptors (Lipinski definition) is 4. The summed E-state index contributed by atoms with van der Waals surface area (Å²) < 4.78 is 6.53. The lowest BCUT2D eigenvalue weighted by atomic mass is 9.85. The zero-order valence-electron chi connectivity index (χ0n) is 23.0. The average Bonchev–Trinajstić information content (AvgIpc) is 3.28. The normalized spacial score (nSPS) is 12.4. The van der Waals surface area contributed by atoms with E-state index in [2.05, 4.69) is 90.2 Å². The average molecular weight is 522 g/mol. The molecule has 0 aliphatic carbocycles. The Morgan fingerprint density at radius 1 is 1.00 bits per heavy atom. The third-order valence-electron chi connectivity index (χ3n) is 6.30. The lowest BCUT2D eigenvalue weighted by Crippen LogP contribution is -2.25. The van der Waals surface area contributed by atoms with E-state index in [0.29, 0.717) is 10.8 Å². The summed E-state index contributed by atoms with van der Waals surface area (Å²) in [4.78, 5) is 24.7. The van der Waals surface area contributed by atoms with Gasteiger partial charge < -0.3 is 15.2 Å². The Morgan fingerprint density at radius 2 is 1.62 bits per heavy atom. The number of thiophene rings is 1. The van der Waals surface area contributed by atoms with Crippen LogP contribution >= 0.6 is 11.3 Å². The first kappa shape index (κ1) is 28.5. The highest BCUT2D eigenvalue weighted by atomic mass is 32.1. The van der Waals surface area contributed by atoms with Gasteiger partial charge in [-0.3, -0.25) is 9.59 Å². The maximum Gasteiger partial charge on any atom is 0.305 e. The van der Waals surface area contributed by atoms with Crippen LogP contribution in [0, 0.1) is 19.8 Å². The lowest BCUT2D eigenvalue weighted by molar-refractivity contribution is -0.136. The fraction of sp³-hybridized carbons (Fsp3) is 0.419. The van der Waals surface area contributed by atoms with Crippen LogP contribution in [-0.4, -0.2) is 23.5 Å². The van der Waals surface area contributed by atoms with Gasteiger partial charge in [-0.2, -0.15) is 0 Å². The summed E-state index contributed by atoms with van der Waals surface area (Å²) in [5.41, 5.74) is 6.17. The number of nitrogens with one attached hydrogen (secondary N) is 1. The van der Waals surface area contributed by atoms with Crippen molar-refractivity contribution in [1.29, 1.82) is 0 Å². The Morgan fingerprint density at radius 3 is 2.16 bits per heavy atom. The summed E-state index contributed by atoms with van der Waals surface area (Å²) in [7, 11) is 0. The van der Waals surface area contributed by atoms with Crippen LogP contribution in [-0.2, 0) is 10.2 Å². The first-order chi connectivity index (χ1) is 17.3. The van der Waals surface area contributed by atoms with Crippen molar-refractivity contribution < 1.29 is 19.4 Å². The van der Waals surface area contributed by atoms with Crippen LogP contribution < -0.4 is 10.1 Å². The highest BCUT2D eigenvalue weighted by Gasteiger charge is 2.21. The van der Waals surface area contributed by atoms with Crippen LogP contribution in [0.15, 0.2) is 48.5 Å². The van der Waals surface area contributed by atoms with Crippen molar-refractivity contribution >= 4 is 23.2 Å². The molecule has 2 N–H and O–H groups in total. The summed E-state index contributed by atoms with van der Waals surface area (Å²) in [5, 5.41) is 11.5. The number of benzene rings is 2. The fourth-order valence-electron chi connectivity index (χ4n) is 4.42. The van der Waals surface area contributed by atoms with Gasteiger partial charge in [-0.15, -0.1) is 11.3 Å². The highest BCUT2D eigenvalue weighted by molar-refractivity contribution is 7.14. The maximum atomic E-state index is 12.4. The minimum absolute atomic E-state index is 0.0987. The van der Waals surface area contributed by atoms with Crippen molar-refractivity contribution in [3.8, 4) is 16.9 Å². The van der Waals surface area contributed by atoms with Gasteiger partial charge in [0.25, 0.3) is 5.91 Å². The first-order valence-corrected chi connectivity index (χ1v) is 13.7. The van der Waals surface area contributed by atoms with Crippen molar-refractivity contribution in [2.45, 2.75) is 72.8 Å². The number of carboxylic acids is 1. The van der Waals surface area contributed by atoms with Gasteiger partial charge in [0, 0.05) is 11.4 Å². The zero-order valence-corrected chi connectivity index (χ0v) is 23.8. The molecule has 0 fully saturated rings. The minimum atomic E-state index is -0.934. The molecule has 0 saturated carbocycles. The number of hydrogen-bond donors (Lipinski definition) is 2. The minimum Gasteiger partial charge on any atom is -0.485 e. The molecule has 37 heavy (non-hydrogen) atoms. The lowest BCUT2D eigenvalue weighted by Gasteiger charge is -2.22. The Kier molecular flexibility index (Phi) is 9.19. The quantitative estimate of drug-likeness (QED) is 0.287. The number of aryl methyl sites for hydroxylation is 2. The molecule has 5 nitrogen and oxygen atoms in total. The molecule has 0 aliphatic rings. The predicted octanol–water partition coefficient (Wildman–Crippen LogP) is 7.70. The Labute approximate surface area is 224 Å². The SMILES string of the molecule is Cc1cc(OC(CC(C)C)c2ccc(C(=O)NCCC(=O)O)s2)cc(C)c1-c1ccc(C(C)(C)C)cc1. The van der Waals surface area contributed by atoms with Gasteiger partial charge >= 0.3 is 5.97 Å². The second-order valence-electron chi connectivity index (χ2n) is 11.1. The number of carboxylic acid groups (broad SMARTS) is 1. The van der Waals surface area contributed by atoms with E-state index in [9.17, 15) is 9.59 Å². The monoisotopic (exact) mass is 521 g/mol. The van der Waals surface area contributed by atoms with E-state index in [1.807, 2.05) is 6.07 Å². The largest absolute Gasteiger partial charge is 0.485 e. The van der Waals surface area contributed by atoms with Gasteiger partial charge in [0.2, 0.25) is 0 Å². The molecule has 1 aromatic heterocycles. The second-order valence-corrected chi connectivity index (χ2v) is 12.2. The molecule has 2 aromatic carbocycles. The van der Waals surface area contributed by atoms with Crippen LogP contribution in [0.4, 0.5) is 0 Å². The van der Waals surface area contributed by atoms with Crippen molar-refractivity contribution in [2.24, 2.45) is 5.92 Å². The van der Waals surface area contributed by atoms with Crippen LogP contribution in [0.2, 0.25) is 0 Å². The van der Waals surface area contributed by atoms with Gasteiger partial charge in [-0.1, -0.05) is 58.9 Å². The van der Waals surface area contributed by atoms with E-state index in [1.54, 1.807) is 6.07 Å². The second kappa shape index (κ2) is 12.0. The van der Waals surface area contributed by atoms with Gasteiger partial charge in [0.05, 0.1) is 11.3 Å². The summed E-state index contributed by atoms with van der Waals surface area (Å²) in [6.07, 6.45) is 0.536. The third-order valence-corrected chi connectivity index (χ3v) is 7.48. The Bertz CT molecular complexity index is 1210. The van der Waals surface area contributed by atoms with Crippen LogP contribution in [0.3, 0.4) is 0 Å². The molecule has 0 radical (unpaired) electrons. The summed E-state index contributed by atoms with van der Waals surface area (Å²) >= 11 is 1.40. The van der Waals surface area contributed by atoms with Crippen molar-refractivity contribution in [1.82, 2.24) is 5.32 Å². The molecule has 0 aliphatic heterocycles. The van der Waals surface area contributed by atoms with Crippen LogP contribution in [0.25, 0.3) is 11.1 Å². The molecule has 198 valence electrons. The summed E-state index contributed by atoms with van der Waals surface area (Å²) in [6, 6.07) is 16.7. The van der Waals surface area contributed by atoms with Crippen molar-refractivity contribution in [2.75, 3.05) is 6.54 Å². The number of aliphatic carboxylic acids is 1. The van der Waals surface area contributed by atoms with Crippen molar-refractivity contribution in [3.05, 3.63) is 75.0 Å². The smallest absolute Gasteiger partial charge is 0.305 e. The molecule has 0 saturated heterocycles. The number of amides is 1. The van der Waals surface area contributed by atoms with E-state index in [1.165, 1.54) is 28.0 Å². The molecular formula is C31H39NO4S. The van der Waals surface area contributed by atoms with Gasteiger partial charge in [-0.05, 0) is 83.7 Å². The summed E-state index contributed by atoms with van der Waals surface area (Å²) in [5.74, 6) is 0.0322. The molecule has 1 heterocycles. The Balaban J connectivity index is 1.81. The van der Waals surface area contributed by atoms with E-state index in [4.69, 9.17) is 9.84 Å². The standard InChI is InChI=1S/C31H39NO4S/c1-19(2)16-25(26-12-13-27(37-26)30(35)32-15-14-28(33)34)36-24-17-20(3)29(21(4)18-24)22-8-10-23(11-9-22)31(5,6)7/h8-13,17-19,25H,14-16H2,1-7H3,(H,32,35)(H,33,34). The van der Waals surface area contributed by atoms with E-state index >= 15 is 0 Å². The molecule has 6 heteroatoms. The molecule has 1 amide bonds. The molecule has 1 atom stereocenters. The number of ether oxygens (including phenoxy) is 1. The highest BCUT2D eigenvalue weighted by Crippen LogP contribution is 2.37. The predicted molar refractivity (Wildman–Crippen MR) is 152 cm³/mol. The topological polar surface area (TPSA) is 75.6 Å². The molecule has 1 unspecified atom stereocenters. The first-order valence-electron chi connectivity index (χ1n) is 12.8. The fourth-order valence-corrected chi connectivity index (χ4v) is 5.38. The van der Waals surface area contributed by atoms with Gasteiger partial charge in [-0.25, -0.2) is 0 Å². The van der Waals surface area contributed by atoms with E-state index in [-0.39, 0.29) is 30.4 Å². The van der Waals surface area contributed by atoms with Crippen LogP contribution in [0.1, 0.15) is 84.8 Å². The number of rotatable bonds is 10. The van der Waals surface area contributed by atoms with E-state index in [0.717, 1.165) is 28.2 Å². The molecule has 3 aromatic rings.